The number of aliphatic hydroxyl groups excluding tert-OH is 1. The van der Waals surface area contributed by atoms with Crippen LogP contribution in [0.1, 0.15) is 24.5 Å². The first-order valence-corrected chi connectivity index (χ1v) is 8.16. The molecule has 112 valence electrons. The predicted molar refractivity (Wildman–Crippen MR) is 84.5 cm³/mol. The minimum Gasteiger partial charge on any atom is -0.387 e. The van der Waals surface area contributed by atoms with Gasteiger partial charge >= 0.3 is 0 Å². The highest BCUT2D eigenvalue weighted by molar-refractivity contribution is 7.13. The SMILES string of the molecule is OC(CNC1CCN(c2nccs2)CC1)c1ccncc1. The van der Waals surface area contributed by atoms with Gasteiger partial charge in [0.2, 0.25) is 0 Å². The van der Waals surface area contributed by atoms with Gasteiger partial charge in [-0.1, -0.05) is 0 Å². The summed E-state index contributed by atoms with van der Waals surface area (Å²) in [5.74, 6) is 0. The van der Waals surface area contributed by atoms with Gasteiger partial charge in [0.15, 0.2) is 5.13 Å². The van der Waals surface area contributed by atoms with Gasteiger partial charge in [-0.15, -0.1) is 11.3 Å². The molecular formula is C15H20N4OS. The van der Waals surface area contributed by atoms with Crippen LogP contribution < -0.4 is 10.2 Å². The number of thiazole rings is 1. The molecule has 2 N–H and O–H groups in total. The minimum atomic E-state index is -0.468. The number of nitrogens with zero attached hydrogens (tertiary/aromatic N) is 3. The van der Waals surface area contributed by atoms with Gasteiger partial charge in [-0.25, -0.2) is 4.98 Å². The Labute approximate surface area is 128 Å². The zero-order chi connectivity index (χ0) is 14.5. The largest absolute Gasteiger partial charge is 0.387 e. The van der Waals surface area contributed by atoms with E-state index in [9.17, 15) is 5.11 Å². The maximum Gasteiger partial charge on any atom is 0.185 e. The average Bonchev–Trinajstić information content (AvgIpc) is 3.08. The second-order valence-corrected chi connectivity index (χ2v) is 6.15. The Hall–Kier alpha value is -1.50. The molecule has 2 aromatic heterocycles. The fourth-order valence-corrected chi connectivity index (χ4v) is 3.33. The summed E-state index contributed by atoms with van der Waals surface area (Å²) in [5.41, 5.74) is 0.915. The first-order chi connectivity index (χ1) is 10.3. The summed E-state index contributed by atoms with van der Waals surface area (Å²) < 4.78 is 0. The van der Waals surface area contributed by atoms with E-state index < -0.39 is 6.10 Å². The number of hydrogen-bond acceptors (Lipinski definition) is 6. The average molecular weight is 304 g/mol. The molecular weight excluding hydrogens is 284 g/mol. The summed E-state index contributed by atoms with van der Waals surface area (Å²) in [7, 11) is 0. The Morgan fingerprint density at radius 3 is 2.71 bits per heavy atom. The summed E-state index contributed by atoms with van der Waals surface area (Å²) in [6.07, 6.45) is 6.99. The molecule has 0 aromatic carbocycles. The standard InChI is InChI=1S/C15H20N4OS/c20-14(12-1-5-16-6-2-12)11-18-13-3-8-19(9-4-13)15-17-7-10-21-15/h1-2,5-7,10,13-14,18,20H,3-4,8-9,11H2. The van der Waals surface area contributed by atoms with Crippen LogP contribution in [0.25, 0.3) is 0 Å². The molecule has 21 heavy (non-hydrogen) atoms. The number of anilines is 1. The van der Waals surface area contributed by atoms with E-state index in [0.29, 0.717) is 12.6 Å². The third kappa shape index (κ3) is 3.78. The quantitative estimate of drug-likeness (QED) is 0.882. The molecule has 1 unspecified atom stereocenters. The van der Waals surface area contributed by atoms with Crippen LogP contribution in [0.4, 0.5) is 5.13 Å². The fourth-order valence-electron chi connectivity index (χ4n) is 2.63. The lowest BCUT2D eigenvalue weighted by molar-refractivity contribution is 0.167. The fraction of sp³-hybridized carbons (Fsp3) is 0.467. The number of hydrogen-bond donors (Lipinski definition) is 2. The number of pyridine rings is 1. The molecule has 0 spiro atoms. The molecule has 2 aromatic rings. The number of aliphatic hydroxyl groups is 1. The van der Waals surface area contributed by atoms with Crippen molar-refractivity contribution < 1.29 is 5.11 Å². The van der Waals surface area contributed by atoms with E-state index in [-0.39, 0.29) is 0 Å². The molecule has 0 bridgehead atoms. The van der Waals surface area contributed by atoms with E-state index in [1.807, 2.05) is 23.7 Å². The van der Waals surface area contributed by atoms with Crippen LogP contribution in [0.5, 0.6) is 0 Å². The lowest BCUT2D eigenvalue weighted by Crippen LogP contribution is -2.43. The summed E-state index contributed by atoms with van der Waals surface area (Å²) in [6, 6.07) is 4.19. The normalized spacial score (nSPS) is 17.9. The van der Waals surface area contributed by atoms with Crippen LogP contribution >= 0.6 is 11.3 Å². The smallest absolute Gasteiger partial charge is 0.185 e. The second-order valence-electron chi connectivity index (χ2n) is 5.28. The molecule has 1 fully saturated rings. The van der Waals surface area contributed by atoms with Crippen LogP contribution in [0.15, 0.2) is 36.1 Å². The van der Waals surface area contributed by atoms with Crippen molar-refractivity contribution in [2.75, 3.05) is 24.5 Å². The molecule has 3 heterocycles. The van der Waals surface area contributed by atoms with Gasteiger partial charge in [0, 0.05) is 49.6 Å². The van der Waals surface area contributed by atoms with Gasteiger partial charge in [-0.2, -0.15) is 0 Å². The van der Waals surface area contributed by atoms with Crippen LogP contribution in [0.2, 0.25) is 0 Å². The monoisotopic (exact) mass is 304 g/mol. The molecule has 1 aliphatic rings. The molecule has 5 nitrogen and oxygen atoms in total. The Morgan fingerprint density at radius 1 is 1.29 bits per heavy atom. The highest BCUT2D eigenvalue weighted by atomic mass is 32.1. The van der Waals surface area contributed by atoms with Crippen molar-refractivity contribution in [3.63, 3.8) is 0 Å². The van der Waals surface area contributed by atoms with E-state index in [1.165, 1.54) is 0 Å². The van der Waals surface area contributed by atoms with Crippen LogP contribution in [-0.4, -0.2) is 40.8 Å². The van der Waals surface area contributed by atoms with E-state index in [0.717, 1.165) is 36.6 Å². The van der Waals surface area contributed by atoms with E-state index in [1.54, 1.807) is 23.7 Å². The van der Waals surface area contributed by atoms with Gasteiger partial charge in [0.1, 0.15) is 0 Å². The number of rotatable bonds is 5. The number of aromatic nitrogens is 2. The summed E-state index contributed by atoms with van der Waals surface area (Å²) in [6.45, 7) is 2.64. The molecule has 1 saturated heterocycles. The molecule has 1 atom stereocenters. The van der Waals surface area contributed by atoms with Crippen molar-refractivity contribution in [2.24, 2.45) is 0 Å². The lowest BCUT2D eigenvalue weighted by Gasteiger charge is -2.32. The van der Waals surface area contributed by atoms with Gasteiger partial charge in [0.05, 0.1) is 6.10 Å². The highest BCUT2D eigenvalue weighted by Gasteiger charge is 2.21. The van der Waals surface area contributed by atoms with Gasteiger partial charge in [-0.3, -0.25) is 4.98 Å². The third-order valence-corrected chi connectivity index (χ3v) is 4.71. The Balaban J connectivity index is 1.43. The topological polar surface area (TPSA) is 61.3 Å². The Kier molecular flexibility index (Phi) is 4.80. The summed E-state index contributed by atoms with van der Waals surface area (Å²) in [5, 5.41) is 16.8. The van der Waals surface area contributed by atoms with Crippen molar-refractivity contribution in [1.82, 2.24) is 15.3 Å². The first kappa shape index (κ1) is 14.4. The van der Waals surface area contributed by atoms with Crippen molar-refractivity contribution in [2.45, 2.75) is 25.0 Å². The zero-order valence-electron chi connectivity index (χ0n) is 11.9. The van der Waals surface area contributed by atoms with Crippen LogP contribution in [0, 0.1) is 0 Å². The number of piperidine rings is 1. The predicted octanol–water partition coefficient (Wildman–Crippen LogP) is 1.83. The van der Waals surface area contributed by atoms with Gasteiger partial charge < -0.3 is 15.3 Å². The Bertz CT molecular complexity index is 526. The van der Waals surface area contributed by atoms with Crippen molar-refractivity contribution in [3.05, 3.63) is 41.7 Å². The maximum absolute atomic E-state index is 10.1. The highest BCUT2D eigenvalue weighted by Crippen LogP contribution is 2.22. The number of nitrogens with one attached hydrogen (secondary N) is 1. The molecule has 0 aliphatic carbocycles. The molecule has 6 heteroatoms. The van der Waals surface area contributed by atoms with Gasteiger partial charge in [-0.05, 0) is 30.5 Å². The van der Waals surface area contributed by atoms with Crippen molar-refractivity contribution in [3.8, 4) is 0 Å². The van der Waals surface area contributed by atoms with Gasteiger partial charge in [0.25, 0.3) is 0 Å². The first-order valence-electron chi connectivity index (χ1n) is 7.29. The lowest BCUT2D eigenvalue weighted by atomic mass is 10.0. The second kappa shape index (κ2) is 6.98. The minimum absolute atomic E-state index is 0.468. The van der Waals surface area contributed by atoms with Crippen LogP contribution in [-0.2, 0) is 0 Å². The zero-order valence-corrected chi connectivity index (χ0v) is 12.7. The van der Waals surface area contributed by atoms with Crippen LogP contribution in [0.3, 0.4) is 0 Å². The summed E-state index contributed by atoms with van der Waals surface area (Å²) >= 11 is 1.69. The third-order valence-electron chi connectivity index (χ3n) is 3.88. The molecule has 0 amide bonds. The summed E-state index contributed by atoms with van der Waals surface area (Å²) in [4.78, 5) is 10.7. The molecule has 1 aliphatic heterocycles. The van der Waals surface area contributed by atoms with E-state index in [4.69, 9.17) is 0 Å². The van der Waals surface area contributed by atoms with E-state index >= 15 is 0 Å². The molecule has 0 radical (unpaired) electrons. The maximum atomic E-state index is 10.1. The van der Waals surface area contributed by atoms with Crippen molar-refractivity contribution >= 4 is 16.5 Å². The van der Waals surface area contributed by atoms with E-state index in [2.05, 4.69) is 20.2 Å². The van der Waals surface area contributed by atoms with Crippen molar-refractivity contribution in [1.29, 1.82) is 0 Å². The molecule has 3 rings (SSSR count). The Morgan fingerprint density at radius 2 is 2.05 bits per heavy atom. The molecule has 0 saturated carbocycles.